The maximum Gasteiger partial charge on any atom is 0.337 e. The molecule has 0 bridgehead atoms. The van der Waals surface area contributed by atoms with Gasteiger partial charge >= 0.3 is 5.97 Å². The topological polar surface area (TPSA) is 68.3 Å². The summed E-state index contributed by atoms with van der Waals surface area (Å²) in [6, 6.07) is 14.1. The first-order valence-corrected chi connectivity index (χ1v) is 8.54. The normalized spacial score (nSPS) is 10.3. The minimum Gasteiger partial charge on any atom is -0.465 e. The highest BCUT2D eigenvalue weighted by molar-refractivity contribution is 7.13. The third kappa shape index (κ3) is 3.70. The average Bonchev–Trinajstić information content (AvgIpc) is 3.13. The predicted molar refractivity (Wildman–Crippen MR) is 98.3 cm³/mol. The molecule has 1 heterocycles. The molecule has 0 aliphatic rings. The Kier molecular flexibility index (Phi) is 5.11. The molecule has 0 fully saturated rings. The predicted octanol–water partition coefficient (Wildman–Crippen LogP) is 4.50. The minimum absolute atomic E-state index is 0.295. The number of esters is 1. The van der Waals surface area contributed by atoms with Gasteiger partial charge in [0, 0.05) is 0 Å². The van der Waals surface area contributed by atoms with Crippen LogP contribution >= 0.6 is 22.9 Å². The largest absolute Gasteiger partial charge is 0.465 e. The van der Waals surface area contributed by atoms with Gasteiger partial charge in [0.25, 0.3) is 5.91 Å². The molecule has 25 heavy (non-hydrogen) atoms. The first-order chi connectivity index (χ1) is 12.1. The van der Waals surface area contributed by atoms with Crippen molar-refractivity contribution in [2.24, 2.45) is 0 Å². The van der Waals surface area contributed by atoms with Gasteiger partial charge in [-0.3, -0.25) is 4.79 Å². The van der Waals surface area contributed by atoms with Crippen LogP contribution in [-0.2, 0) is 4.74 Å². The Labute approximate surface area is 153 Å². The number of halogens is 1. The monoisotopic (exact) mass is 372 g/mol. The number of aromatic nitrogens is 1. The van der Waals surface area contributed by atoms with Gasteiger partial charge in [0.05, 0.1) is 33.8 Å². The summed E-state index contributed by atoms with van der Waals surface area (Å²) in [5.41, 5.74) is 3.44. The fourth-order valence-electron chi connectivity index (χ4n) is 2.25. The van der Waals surface area contributed by atoms with Gasteiger partial charge in [-0.1, -0.05) is 41.9 Å². The molecule has 0 saturated carbocycles. The highest BCUT2D eigenvalue weighted by Crippen LogP contribution is 2.29. The standard InChI is InChI=1S/C18H13ClN2O3S/c1-24-18(23)12-7-8-13(19)14(9-12)21-17(22)15-16(25-10-20-15)11-5-3-2-4-6-11/h2-10H,1H3,(H,21,22). The molecule has 1 aromatic heterocycles. The number of thiazole rings is 1. The van der Waals surface area contributed by atoms with Crippen LogP contribution in [0, 0.1) is 0 Å². The molecule has 3 rings (SSSR count). The first kappa shape index (κ1) is 17.1. The van der Waals surface area contributed by atoms with Crippen molar-refractivity contribution in [2.75, 3.05) is 12.4 Å². The second kappa shape index (κ2) is 7.46. The van der Waals surface area contributed by atoms with Crippen molar-refractivity contribution in [3.63, 3.8) is 0 Å². The van der Waals surface area contributed by atoms with Crippen LogP contribution in [-0.4, -0.2) is 24.0 Å². The summed E-state index contributed by atoms with van der Waals surface area (Å²) in [5.74, 6) is -0.908. The maximum atomic E-state index is 12.6. The van der Waals surface area contributed by atoms with Crippen molar-refractivity contribution in [3.05, 3.63) is 70.3 Å². The number of carbonyl (C=O) groups excluding carboxylic acids is 2. The second-order valence-electron chi connectivity index (χ2n) is 5.04. The third-order valence-electron chi connectivity index (χ3n) is 3.45. The number of nitrogens with one attached hydrogen (secondary N) is 1. The van der Waals surface area contributed by atoms with E-state index in [0.717, 1.165) is 10.4 Å². The number of methoxy groups -OCH3 is 1. The lowest BCUT2D eigenvalue weighted by atomic mass is 10.1. The molecule has 0 atom stereocenters. The Balaban J connectivity index is 1.89. The molecule has 0 saturated heterocycles. The lowest BCUT2D eigenvalue weighted by Gasteiger charge is -2.09. The summed E-state index contributed by atoms with van der Waals surface area (Å²) < 4.78 is 4.68. The van der Waals surface area contributed by atoms with Gasteiger partial charge in [-0.15, -0.1) is 11.3 Å². The molecular weight excluding hydrogens is 360 g/mol. The molecule has 126 valence electrons. The molecular formula is C18H13ClN2O3S. The van der Waals surface area contributed by atoms with E-state index in [9.17, 15) is 9.59 Å². The van der Waals surface area contributed by atoms with Crippen molar-refractivity contribution in [1.29, 1.82) is 0 Å². The van der Waals surface area contributed by atoms with Crippen LogP contribution in [0.5, 0.6) is 0 Å². The minimum atomic E-state index is -0.509. The zero-order valence-corrected chi connectivity index (χ0v) is 14.7. The van der Waals surface area contributed by atoms with E-state index < -0.39 is 11.9 Å². The molecule has 2 aromatic carbocycles. The van der Waals surface area contributed by atoms with Crippen molar-refractivity contribution < 1.29 is 14.3 Å². The summed E-state index contributed by atoms with van der Waals surface area (Å²) in [4.78, 5) is 29.2. The van der Waals surface area contributed by atoms with Crippen LogP contribution in [0.15, 0.2) is 54.0 Å². The quantitative estimate of drug-likeness (QED) is 0.684. The molecule has 1 amide bonds. The van der Waals surface area contributed by atoms with Gasteiger partial charge in [0.15, 0.2) is 0 Å². The van der Waals surface area contributed by atoms with Crippen LogP contribution < -0.4 is 5.32 Å². The molecule has 7 heteroatoms. The first-order valence-electron chi connectivity index (χ1n) is 7.28. The fraction of sp³-hybridized carbons (Fsp3) is 0.0556. The fourth-order valence-corrected chi connectivity index (χ4v) is 3.21. The zero-order valence-electron chi connectivity index (χ0n) is 13.2. The van der Waals surface area contributed by atoms with E-state index >= 15 is 0 Å². The van der Waals surface area contributed by atoms with E-state index in [2.05, 4.69) is 15.0 Å². The number of amides is 1. The van der Waals surface area contributed by atoms with Gasteiger partial charge in [-0.2, -0.15) is 0 Å². The highest BCUT2D eigenvalue weighted by atomic mass is 35.5. The van der Waals surface area contributed by atoms with Crippen molar-refractivity contribution in [1.82, 2.24) is 4.98 Å². The Morgan fingerprint density at radius 1 is 1.16 bits per heavy atom. The summed E-state index contributed by atoms with van der Waals surface area (Å²) in [6.07, 6.45) is 0. The Bertz CT molecular complexity index is 925. The van der Waals surface area contributed by atoms with Gasteiger partial charge in [0.2, 0.25) is 0 Å². The summed E-state index contributed by atoms with van der Waals surface area (Å²) in [7, 11) is 1.29. The number of benzene rings is 2. The van der Waals surface area contributed by atoms with E-state index in [-0.39, 0.29) is 0 Å². The lowest BCUT2D eigenvalue weighted by Crippen LogP contribution is -2.14. The second-order valence-corrected chi connectivity index (χ2v) is 6.30. The summed E-state index contributed by atoms with van der Waals surface area (Å²) >= 11 is 7.50. The molecule has 0 spiro atoms. The number of ether oxygens (including phenoxy) is 1. The molecule has 0 radical (unpaired) electrons. The van der Waals surface area contributed by atoms with Gasteiger partial charge in [-0.05, 0) is 23.8 Å². The Morgan fingerprint density at radius 3 is 2.64 bits per heavy atom. The molecule has 0 unspecified atom stereocenters. The van der Waals surface area contributed by atoms with Crippen molar-refractivity contribution in [2.45, 2.75) is 0 Å². The SMILES string of the molecule is COC(=O)c1ccc(Cl)c(NC(=O)c2ncsc2-c2ccccc2)c1. The number of rotatable bonds is 4. The average molecular weight is 373 g/mol. The van der Waals surface area contributed by atoms with E-state index in [1.54, 1.807) is 5.51 Å². The Morgan fingerprint density at radius 2 is 1.92 bits per heavy atom. The molecule has 1 N–H and O–H groups in total. The number of hydrogen-bond acceptors (Lipinski definition) is 5. The van der Waals surface area contributed by atoms with Gasteiger partial charge in [0.1, 0.15) is 5.69 Å². The van der Waals surface area contributed by atoms with Gasteiger partial charge in [-0.25, -0.2) is 9.78 Å². The summed E-state index contributed by atoms with van der Waals surface area (Å²) in [5, 5.41) is 3.02. The van der Waals surface area contributed by atoms with Gasteiger partial charge < -0.3 is 10.1 Å². The Hall–Kier alpha value is -2.70. The number of anilines is 1. The number of carbonyl (C=O) groups is 2. The molecule has 0 aliphatic carbocycles. The zero-order chi connectivity index (χ0) is 17.8. The third-order valence-corrected chi connectivity index (χ3v) is 4.66. The summed E-state index contributed by atoms with van der Waals surface area (Å²) in [6.45, 7) is 0. The maximum absolute atomic E-state index is 12.6. The van der Waals surface area contributed by atoms with E-state index in [1.807, 2.05) is 30.3 Å². The number of hydrogen-bond donors (Lipinski definition) is 1. The lowest BCUT2D eigenvalue weighted by molar-refractivity contribution is 0.0600. The van der Waals surface area contributed by atoms with Crippen molar-refractivity contribution >= 4 is 40.5 Å². The van der Waals surface area contributed by atoms with E-state index in [1.165, 1.54) is 36.6 Å². The van der Waals surface area contributed by atoms with E-state index in [0.29, 0.717) is 22.0 Å². The van der Waals surface area contributed by atoms with Crippen LogP contribution in [0.2, 0.25) is 5.02 Å². The highest BCUT2D eigenvalue weighted by Gasteiger charge is 2.18. The van der Waals surface area contributed by atoms with Crippen LogP contribution in [0.25, 0.3) is 10.4 Å². The van der Waals surface area contributed by atoms with Crippen molar-refractivity contribution in [3.8, 4) is 10.4 Å². The van der Waals surface area contributed by atoms with Crippen LogP contribution in [0.1, 0.15) is 20.8 Å². The van der Waals surface area contributed by atoms with Crippen LogP contribution in [0.3, 0.4) is 0 Å². The number of nitrogens with zero attached hydrogens (tertiary/aromatic N) is 1. The van der Waals surface area contributed by atoms with Crippen LogP contribution in [0.4, 0.5) is 5.69 Å². The smallest absolute Gasteiger partial charge is 0.337 e. The molecule has 3 aromatic rings. The van der Waals surface area contributed by atoms with E-state index in [4.69, 9.17) is 11.6 Å². The molecule has 5 nitrogen and oxygen atoms in total. The molecule has 0 aliphatic heterocycles.